The second-order valence-electron chi connectivity index (χ2n) is 5.60. The summed E-state index contributed by atoms with van der Waals surface area (Å²) >= 11 is 0. The smallest absolute Gasteiger partial charge is 0.314 e. The van der Waals surface area contributed by atoms with E-state index in [4.69, 9.17) is 10.6 Å². The van der Waals surface area contributed by atoms with Gasteiger partial charge in [0.25, 0.3) is 0 Å². The van der Waals surface area contributed by atoms with E-state index in [1.165, 1.54) is 12.0 Å². The van der Waals surface area contributed by atoms with Gasteiger partial charge in [-0.3, -0.25) is 9.63 Å². The van der Waals surface area contributed by atoms with Gasteiger partial charge in [-0.2, -0.15) is 0 Å². The van der Waals surface area contributed by atoms with E-state index in [2.05, 4.69) is 0 Å². The predicted molar refractivity (Wildman–Crippen MR) is 67.5 cm³/mol. The van der Waals surface area contributed by atoms with Crippen molar-refractivity contribution in [2.75, 3.05) is 13.1 Å². The first-order valence-electron chi connectivity index (χ1n) is 6.24. The van der Waals surface area contributed by atoms with E-state index in [0.717, 1.165) is 0 Å². The second-order valence-corrected chi connectivity index (χ2v) is 5.60. The molecule has 1 rings (SSSR count). The van der Waals surface area contributed by atoms with E-state index >= 15 is 0 Å². The first kappa shape index (κ1) is 14.8. The number of piperidine rings is 1. The third-order valence-corrected chi connectivity index (χ3v) is 2.79. The normalized spacial score (nSPS) is 17.7. The molecule has 18 heavy (non-hydrogen) atoms. The molecule has 1 heterocycles. The molecule has 0 aromatic rings. The minimum Gasteiger partial charge on any atom is -0.351 e. The highest BCUT2D eigenvalue weighted by Gasteiger charge is 2.31. The molecule has 1 fully saturated rings. The minimum absolute atomic E-state index is 0.0114. The van der Waals surface area contributed by atoms with Gasteiger partial charge in [-0.1, -0.05) is 0 Å². The molecule has 3 amide bonds. The lowest BCUT2D eigenvalue weighted by molar-refractivity contribution is -0.244. The molecule has 0 saturated carbocycles. The van der Waals surface area contributed by atoms with Crippen LogP contribution in [-0.2, 0) is 9.63 Å². The fourth-order valence-corrected chi connectivity index (χ4v) is 2.01. The largest absolute Gasteiger partial charge is 0.351 e. The van der Waals surface area contributed by atoms with E-state index in [9.17, 15) is 9.59 Å². The quantitative estimate of drug-likeness (QED) is 0.753. The monoisotopic (exact) mass is 257 g/mol. The average molecular weight is 257 g/mol. The van der Waals surface area contributed by atoms with Crippen LogP contribution in [0.3, 0.4) is 0 Å². The summed E-state index contributed by atoms with van der Waals surface area (Å²) in [5.74, 6) is -0.109. The van der Waals surface area contributed by atoms with Crippen LogP contribution in [0.4, 0.5) is 4.79 Å². The van der Waals surface area contributed by atoms with Crippen LogP contribution in [0.15, 0.2) is 0 Å². The molecule has 0 aliphatic carbocycles. The maximum atomic E-state index is 11.6. The zero-order valence-corrected chi connectivity index (χ0v) is 11.6. The molecule has 1 aliphatic rings. The maximum absolute atomic E-state index is 11.6. The molecule has 6 heteroatoms. The standard InChI is InChI=1S/C12H23N3O3/c1-9(16)15(18-12(2,3)4)10-5-7-14(8-6-10)11(13)17/h10H,5-8H2,1-4H3,(H2,13,17). The first-order valence-corrected chi connectivity index (χ1v) is 6.24. The summed E-state index contributed by atoms with van der Waals surface area (Å²) in [6, 6.07) is -0.392. The molecule has 2 N–H and O–H groups in total. The van der Waals surface area contributed by atoms with Crippen LogP contribution in [-0.4, -0.2) is 46.6 Å². The molecule has 0 bridgehead atoms. The van der Waals surface area contributed by atoms with Crippen LogP contribution in [0.25, 0.3) is 0 Å². The van der Waals surface area contributed by atoms with Crippen molar-refractivity contribution in [2.24, 2.45) is 5.73 Å². The summed E-state index contributed by atoms with van der Waals surface area (Å²) in [4.78, 5) is 29.9. The Balaban J connectivity index is 2.61. The highest BCUT2D eigenvalue weighted by molar-refractivity contribution is 5.73. The first-order chi connectivity index (χ1) is 8.20. The second kappa shape index (κ2) is 5.56. The third kappa shape index (κ3) is 4.18. The molecular formula is C12H23N3O3. The molecule has 0 aromatic heterocycles. The van der Waals surface area contributed by atoms with Crippen LogP contribution >= 0.6 is 0 Å². The number of hydrogen-bond acceptors (Lipinski definition) is 3. The number of amides is 3. The van der Waals surface area contributed by atoms with Gasteiger partial charge in [-0.05, 0) is 33.6 Å². The Labute approximate surface area is 108 Å². The van der Waals surface area contributed by atoms with Crippen molar-refractivity contribution >= 4 is 11.9 Å². The van der Waals surface area contributed by atoms with Gasteiger partial charge in [0.2, 0.25) is 5.91 Å². The highest BCUT2D eigenvalue weighted by Crippen LogP contribution is 2.21. The topological polar surface area (TPSA) is 75.9 Å². The molecular weight excluding hydrogens is 234 g/mol. The fourth-order valence-electron chi connectivity index (χ4n) is 2.01. The summed E-state index contributed by atoms with van der Waals surface area (Å²) < 4.78 is 0. The lowest BCUT2D eigenvalue weighted by atomic mass is 10.0. The van der Waals surface area contributed by atoms with Gasteiger partial charge < -0.3 is 10.6 Å². The summed E-state index contributed by atoms with van der Waals surface area (Å²) in [7, 11) is 0. The van der Waals surface area contributed by atoms with Gasteiger partial charge in [0.15, 0.2) is 0 Å². The van der Waals surface area contributed by atoms with E-state index in [-0.39, 0.29) is 11.9 Å². The van der Waals surface area contributed by atoms with Crippen LogP contribution < -0.4 is 5.73 Å². The lowest BCUT2D eigenvalue weighted by Gasteiger charge is -2.39. The third-order valence-electron chi connectivity index (χ3n) is 2.79. The number of carbonyl (C=O) groups is 2. The zero-order valence-electron chi connectivity index (χ0n) is 11.6. The number of nitrogens with two attached hydrogens (primary N) is 1. The van der Waals surface area contributed by atoms with Gasteiger partial charge >= 0.3 is 6.03 Å². The van der Waals surface area contributed by atoms with Crippen LogP contribution in [0.1, 0.15) is 40.5 Å². The van der Waals surface area contributed by atoms with Crippen molar-refractivity contribution in [1.29, 1.82) is 0 Å². The van der Waals surface area contributed by atoms with Crippen molar-refractivity contribution in [3.63, 3.8) is 0 Å². The zero-order chi connectivity index (χ0) is 13.9. The number of rotatable bonds is 2. The Bertz CT molecular complexity index is 317. The highest BCUT2D eigenvalue weighted by atomic mass is 16.7. The summed E-state index contributed by atoms with van der Waals surface area (Å²) in [6.45, 7) is 8.34. The molecule has 0 aromatic carbocycles. The number of primary amides is 1. The number of nitrogens with zero attached hydrogens (tertiary/aromatic N) is 2. The van der Waals surface area contributed by atoms with E-state index in [1.807, 2.05) is 20.8 Å². The Morgan fingerprint density at radius 2 is 1.78 bits per heavy atom. The summed E-state index contributed by atoms with van der Waals surface area (Å²) in [5.41, 5.74) is 4.82. The molecule has 0 unspecified atom stereocenters. The Kier molecular flexibility index (Phi) is 4.56. The Morgan fingerprint density at radius 3 is 2.11 bits per heavy atom. The van der Waals surface area contributed by atoms with Gasteiger partial charge in [0.1, 0.15) is 0 Å². The number of likely N-dealkylation sites (tertiary alicyclic amines) is 1. The minimum atomic E-state index is -0.410. The Morgan fingerprint density at radius 1 is 1.28 bits per heavy atom. The SMILES string of the molecule is CC(=O)N(OC(C)(C)C)C1CCN(C(N)=O)CC1. The summed E-state index contributed by atoms with van der Waals surface area (Å²) in [5, 5.41) is 1.44. The number of carbonyl (C=O) groups excluding carboxylic acids is 2. The van der Waals surface area contributed by atoms with Crippen LogP contribution in [0, 0.1) is 0 Å². The molecule has 6 nitrogen and oxygen atoms in total. The average Bonchev–Trinajstić information content (AvgIpc) is 2.24. The van der Waals surface area contributed by atoms with Crippen molar-refractivity contribution < 1.29 is 14.4 Å². The molecule has 0 spiro atoms. The van der Waals surface area contributed by atoms with Gasteiger partial charge in [0, 0.05) is 20.0 Å². The fraction of sp³-hybridized carbons (Fsp3) is 0.833. The van der Waals surface area contributed by atoms with Crippen LogP contribution in [0.2, 0.25) is 0 Å². The van der Waals surface area contributed by atoms with Crippen molar-refractivity contribution in [2.45, 2.75) is 52.2 Å². The molecule has 0 atom stereocenters. The summed E-state index contributed by atoms with van der Waals surface area (Å²) in [6.07, 6.45) is 1.39. The van der Waals surface area contributed by atoms with E-state index < -0.39 is 11.6 Å². The molecule has 1 aliphatic heterocycles. The lowest BCUT2D eigenvalue weighted by Crippen LogP contribution is -2.51. The van der Waals surface area contributed by atoms with Crippen molar-refractivity contribution in [1.82, 2.24) is 9.96 Å². The Hall–Kier alpha value is -1.30. The van der Waals surface area contributed by atoms with Gasteiger partial charge in [-0.15, -0.1) is 0 Å². The predicted octanol–water partition coefficient (Wildman–Crippen LogP) is 1.11. The molecule has 104 valence electrons. The number of hydroxylamine groups is 2. The van der Waals surface area contributed by atoms with Crippen LogP contribution in [0.5, 0.6) is 0 Å². The van der Waals surface area contributed by atoms with Crippen molar-refractivity contribution in [3.8, 4) is 0 Å². The van der Waals surface area contributed by atoms with Gasteiger partial charge in [0.05, 0.1) is 11.6 Å². The number of urea groups is 1. The van der Waals surface area contributed by atoms with Crippen molar-refractivity contribution in [3.05, 3.63) is 0 Å². The maximum Gasteiger partial charge on any atom is 0.314 e. The number of hydrogen-bond donors (Lipinski definition) is 1. The molecule has 1 saturated heterocycles. The van der Waals surface area contributed by atoms with E-state index in [0.29, 0.717) is 25.9 Å². The molecule has 0 radical (unpaired) electrons. The van der Waals surface area contributed by atoms with E-state index in [1.54, 1.807) is 4.90 Å². The van der Waals surface area contributed by atoms with Gasteiger partial charge in [-0.25, -0.2) is 9.86 Å².